The lowest BCUT2D eigenvalue weighted by molar-refractivity contribution is -0.133. The van der Waals surface area contributed by atoms with Crippen molar-refractivity contribution in [1.29, 1.82) is 0 Å². The summed E-state index contributed by atoms with van der Waals surface area (Å²) in [6.45, 7) is 11.9. The number of hydrogen-bond acceptors (Lipinski definition) is 7. The van der Waals surface area contributed by atoms with Crippen molar-refractivity contribution >= 4 is 11.9 Å². The number of carbonyl (C=O) groups is 2. The maximum absolute atomic E-state index is 16.8. The molecule has 0 aromatic rings. The molecule has 7 rings (SSSR count). The fourth-order valence-electron chi connectivity index (χ4n) is 10.4. The molecule has 46 heavy (non-hydrogen) atoms. The molecular formula is C34H54F2N8O2. The number of amides is 3. The molecule has 3 amide bonds. The number of rotatable bonds is 3. The van der Waals surface area contributed by atoms with E-state index in [0.29, 0.717) is 43.8 Å². The Morgan fingerprint density at radius 2 is 1.87 bits per heavy atom. The first-order valence-electron chi connectivity index (χ1n) is 18.0. The van der Waals surface area contributed by atoms with E-state index >= 15 is 8.78 Å². The zero-order valence-electron chi connectivity index (χ0n) is 27.7. The molecule has 4 N–H and O–H groups in total. The first kappa shape index (κ1) is 32.1. The summed E-state index contributed by atoms with van der Waals surface area (Å²) >= 11 is 0. The molecule has 0 radical (unpaired) electrons. The van der Waals surface area contributed by atoms with Gasteiger partial charge in [-0.15, -0.1) is 5.53 Å². The highest BCUT2D eigenvalue weighted by atomic mass is 19.1. The molecule has 3 saturated heterocycles. The smallest absolute Gasteiger partial charge is 0.320 e. The van der Waals surface area contributed by atoms with E-state index < -0.39 is 30.5 Å². The number of urea groups is 1. The molecule has 256 valence electrons. The van der Waals surface area contributed by atoms with Gasteiger partial charge in [0.1, 0.15) is 12.3 Å². The largest absolute Gasteiger partial charge is 0.336 e. The highest BCUT2D eigenvalue weighted by Gasteiger charge is 2.58. The number of hydrogen-bond donors (Lipinski definition) is 4. The Kier molecular flexibility index (Phi) is 8.99. The summed E-state index contributed by atoms with van der Waals surface area (Å²) < 4.78 is 32.9. The first-order valence-corrected chi connectivity index (χ1v) is 18.0. The highest BCUT2D eigenvalue weighted by molar-refractivity contribution is 5.87. The molecule has 5 aliphatic heterocycles. The van der Waals surface area contributed by atoms with Gasteiger partial charge in [-0.2, -0.15) is 0 Å². The average molecular weight is 645 g/mol. The van der Waals surface area contributed by atoms with Crippen molar-refractivity contribution in [3.63, 3.8) is 0 Å². The Morgan fingerprint density at radius 1 is 1.07 bits per heavy atom. The molecule has 0 aromatic carbocycles. The molecule has 5 heterocycles. The van der Waals surface area contributed by atoms with Crippen LogP contribution in [-0.4, -0.2) is 100 Å². The van der Waals surface area contributed by atoms with Crippen molar-refractivity contribution < 1.29 is 18.4 Å². The Balaban J connectivity index is 1.28. The highest BCUT2D eigenvalue weighted by Crippen LogP contribution is 2.46. The van der Waals surface area contributed by atoms with Gasteiger partial charge in [-0.1, -0.05) is 26.8 Å². The van der Waals surface area contributed by atoms with Crippen LogP contribution in [0.25, 0.3) is 0 Å². The minimum absolute atomic E-state index is 0.00106. The van der Waals surface area contributed by atoms with Crippen LogP contribution < -0.4 is 21.6 Å². The second kappa shape index (κ2) is 12.9. The zero-order valence-corrected chi connectivity index (χ0v) is 27.7. The van der Waals surface area contributed by atoms with Gasteiger partial charge in [-0.3, -0.25) is 20.0 Å². The Bertz CT molecular complexity index is 1200. The van der Waals surface area contributed by atoms with E-state index in [0.717, 1.165) is 50.6 Å². The molecule has 5 fully saturated rings. The van der Waals surface area contributed by atoms with Gasteiger partial charge in [0.25, 0.3) is 0 Å². The van der Waals surface area contributed by atoms with Crippen molar-refractivity contribution in [3.8, 4) is 0 Å². The van der Waals surface area contributed by atoms with E-state index in [2.05, 4.69) is 64.9 Å². The Labute approximate surface area is 272 Å². The number of allylic oxidation sites excluding steroid dienone is 1. The molecule has 2 saturated carbocycles. The van der Waals surface area contributed by atoms with Gasteiger partial charge in [0.15, 0.2) is 0 Å². The van der Waals surface area contributed by atoms with Gasteiger partial charge >= 0.3 is 6.03 Å². The number of carbonyl (C=O) groups excluding carboxylic acids is 2. The Hall–Kier alpha value is -2.44. The summed E-state index contributed by atoms with van der Waals surface area (Å²) in [5.74, 6) is 0.118. The predicted octanol–water partition coefficient (Wildman–Crippen LogP) is 3.61. The molecule has 2 aliphatic carbocycles. The van der Waals surface area contributed by atoms with Crippen molar-refractivity contribution in [2.24, 2.45) is 29.6 Å². The van der Waals surface area contributed by atoms with E-state index in [1.54, 1.807) is 4.90 Å². The van der Waals surface area contributed by atoms with Crippen LogP contribution in [0.1, 0.15) is 78.6 Å². The van der Waals surface area contributed by atoms with Crippen LogP contribution in [0.4, 0.5) is 13.6 Å². The van der Waals surface area contributed by atoms with E-state index in [-0.39, 0.29) is 48.6 Å². The number of fused-ring (bicyclic) bond motifs is 7. The lowest BCUT2D eigenvalue weighted by Gasteiger charge is -2.60. The molecular weight excluding hydrogens is 590 g/mol. The van der Waals surface area contributed by atoms with Crippen LogP contribution in [0.2, 0.25) is 0 Å². The van der Waals surface area contributed by atoms with Crippen LogP contribution in [0, 0.1) is 29.6 Å². The second-order valence-corrected chi connectivity index (χ2v) is 15.4. The standard InChI is InChI=1S/C34H54F2N8O2/c1-5-28(45)41-14-15-42(20(4)17-41)32-24-16-26(36)30-29-25(35)10-7-11-27(29)43-18-22(39-40-43)13-12-21-8-6-9-23(19(2)3)31(21)44(33(24)37-30)34(46)38-32/h5,18-21,23-27,29-33,37,39-40H,1,6-17H2,2-4H3,(H,38,46)/t20-,21?,23?,24?,25?,26?,27?,29?,30?,31?,32?,33?/m0/s1. The van der Waals surface area contributed by atoms with Gasteiger partial charge in [0, 0.05) is 61.5 Å². The predicted molar refractivity (Wildman–Crippen MR) is 172 cm³/mol. The van der Waals surface area contributed by atoms with Crippen LogP contribution in [0.5, 0.6) is 0 Å². The molecule has 0 spiro atoms. The van der Waals surface area contributed by atoms with Gasteiger partial charge < -0.3 is 20.5 Å². The van der Waals surface area contributed by atoms with Crippen LogP contribution in [0.3, 0.4) is 0 Å². The van der Waals surface area contributed by atoms with Crippen LogP contribution in [-0.2, 0) is 4.79 Å². The van der Waals surface area contributed by atoms with Crippen LogP contribution in [0.15, 0.2) is 24.6 Å². The maximum Gasteiger partial charge on any atom is 0.320 e. The molecule has 11 unspecified atom stereocenters. The second-order valence-electron chi connectivity index (χ2n) is 15.4. The SMILES string of the molecule is C=CC(=O)N1CCN(C2NC(=O)N3C4NC(C(F)CC42)C2C(F)CCCC2N2C=C(CCC4CCCC(C(C)C)C43)NN2)[C@@H](C)C1. The fraction of sp³-hybridized carbons (Fsp3) is 0.824. The lowest BCUT2D eigenvalue weighted by Crippen LogP contribution is -2.79. The molecule has 12 atom stereocenters. The number of halogens is 2. The Morgan fingerprint density at radius 3 is 2.63 bits per heavy atom. The maximum atomic E-state index is 16.8. The van der Waals surface area contributed by atoms with Gasteiger partial charge in [0.05, 0.1) is 18.4 Å². The number of hydrazine groups is 2. The molecule has 4 bridgehead atoms. The van der Waals surface area contributed by atoms with Crippen molar-refractivity contribution in [1.82, 2.24) is 41.3 Å². The van der Waals surface area contributed by atoms with E-state index in [9.17, 15) is 9.59 Å². The normalized spacial score (nSPS) is 43.2. The summed E-state index contributed by atoms with van der Waals surface area (Å²) in [5.41, 5.74) is 7.70. The van der Waals surface area contributed by atoms with E-state index in [4.69, 9.17) is 0 Å². The monoisotopic (exact) mass is 644 g/mol. The van der Waals surface area contributed by atoms with Crippen LogP contribution >= 0.6 is 0 Å². The third-order valence-corrected chi connectivity index (χ3v) is 12.6. The third kappa shape index (κ3) is 5.59. The summed E-state index contributed by atoms with van der Waals surface area (Å²) in [7, 11) is 0. The molecule has 7 aliphatic rings. The quantitative estimate of drug-likeness (QED) is 0.349. The zero-order chi connectivity index (χ0) is 32.3. The summed E-state index contributed by atoms with van der Waals surface area (Å²) in [6, 6.07) is -1.05. The summed E-state index contributed by atoms with van der Waals surface area (Å²) in [6.07, 6.45) is 7.46. The number of nitrogens with one attached hydrogen (secondary N) is 4. The molecule has 10 nitrogen and oxygen atoms in total. The van der Waals surface area contributed by atoms with E-state index in [1.807, 2.05) is 5.01 Å². The topological polar surface area (TPSA) is 95.2 Å². The lowest BCUT2D eigenvalue weighted by atomic mass is 9.68. The minimum Gasteiger partial charge on any atom is -0.336 e. The summed E-state index contributed by atoms with van der Waals surface area (Å²) in [4.78, 5) is 33.2. The number of alkyl halides is 2. The number of piperazine rings is 1. The fourth-order valence-corrected chi connectivity index (χ4v) is 10.4. The molecule has 0 aromatic heterocycles. The number of nitrogens with zero attached hydrogens (tertiary/aromatic N) is 4. The third-order valence-electron chi connectivity index (χ3n) is 12.6. The first-order chi connectivity index (χ1) is 22.2. The molecule has 12 heteroatoms. The van der Waals surface area contributed by atoms with Crippen molar-refractivity contribution in [2.45, 2.75) is 127 Å². The van der Waals surface area contributed by atoms with Crippen molar-refractivity contribution in [2.75, 3.05) is 19.6 Å². The van der Waals surface area contributed by atoms with Gasteiger partial charge in [-0.05, 0) is 82.1 Å². The summed E-state index contributed by atoms with van der Waals surface area (Å²) in [5, 5.41) is 9.12. The van der Waals surface area contributed by atoms with E-state index in [1.165, 1.54) is 6.08 Å². The minimum atomic E-state index is -1.27. The average Bonchev–Trinajstić information content (AvgIpc) is 3.52. The van der Waals surface area contributed by atoms with Gasteiger partial charge in [0.2, 0.25) is 5.91 Å². The van der Waals surface area contributed by atoms with Crippen molar-refractivity contribution in [3.05, 3.63) is 24.6 Å². The number of piperidine rings is 1. The van der Waals surface area contributed by atoms with Gasteiger partial charge in [-0.25, -0.2) is 13.6 Å².